The van der Waals surface area contributed by atoms with Gasteiger partial charge in [-0.15, -0.1) is 0 Å². The van der Waals surface area contributed by atoms with Gasteiger partial charge < -0.3 is 10.0 Å². The van der Waals surface area contributed by atoms with Crippen molar-refractivity contribution in [2.75, 3.05) is 6.61 Å². The molecule has 0 bridgehead atoms. The van der Waals surface area contributed by atoms with Crippen molar-refractivity contribution in [1.29, 1.82) is 0 Å². The standard InChI is InChI=1S/C15H19NO2/c17-10-14(11-5-2-1-3-6-11)16-13-8-4-7-12(13)9-15(16)18/h1-3,5-6,12-14,17H,4,7-10H2/t12-,13-,14+/m1/s1. The van der Waals surface area contributed by atoms with Gasteiger partial charge in [0.05, 0.1) is 12.6 Å². The molecule has 0 radical (unpaired) electrons. The Morgan fingerprint density at radius 2 is 2.06 bits per heavy atom. The van der Waals surface area contributed by atoms with Gasteiger partial charge in [0.15, 0.2) is 0 Å². The number of hydrogen-bond acceptors (Lipinski definition) is 2. The highest BCUT2D eigenvalue weighted by atomic mass is 16.3. The van der Waals surface area contributed by atoms with E-state index in [4.69, 9.17) is 0 Å². The zero-order valence-electron chi connectivity index (χ0n) is 10.5. The number of likely N-dealkylation sites (tertiary alicyclic amines) is 1. The van der Waals surface area contributed by atoms with E-state index < -0.39 is 0 Å². The normalized spacial score (nSPS) is 28.5. The van der Waals surface area contributed by atoms with E-state index in [2.05, 4.69) is 0 Å². The van der Waals surface area contributed by atoms with Crippen LogP contribution in [0, 0.1) is 5.92 Å². The largest absolute Gasteiger partial charge is 0.394 e. The SMILES string of the molecule is O=C1C[C@H]2CCC[C@H]2N1[C@@H](CO)c1ccccc1. The maximum Gasteiger partial charge on any atom is 0.223 e. The monoisotopic (exact) mass is 245 g/mol. The van der Waals surface area contributed by atoms with Crippen molar-refractivity contribution in [1.82, 2.24) is 4.90 Å². The van der Waals surface area contributed by atoms with Crippen LogP contribution >= 0.6 is 0 Å². The molecule has 0 unspecified atom stereocenters. The zero-order chi connectivity index (χ0) is 12.5. The van der Waals surface area contributed by atoms with Crippen LogP contribution in [0.1, 0.15) is 37.3 Å². The topological polar surface area (TPSA) is 40.5 Å². The van der Waals surface area contributed by atoms with Gasteiger partial charge in [0.1, 0.15) is 0 Å². The first-order valence-corrected chi connectivity index (χ1v) is 6.78. The molecule has 96 valence electrons. The van der Waals surface area contributed by atoms with Crippen LogP contribution in [0.15, 0.2) is 30.3 Å². The maximum atomic E-state index is 12.2. The van der Waals surface area contributed by atoms with E-state index in [1.165, 1.54) is 12.8 Å². The average Bonchev–Trinajstić information content (AvgIpc) is 2.94. The van der Waals surface area contributed by atoms with Crippen LogP contribution in [0.2, 0.25) is 0 Å². The Morgan fingerprint density at radius 1 is 1.28 bits per heavy atom. The van der Waals surface area contributed by atoms with Crippen LogP contribution in [0.25, 0.3) is 0 Å². The number of rotatable bonds is 3. The van der Waals surface area contributed by atoms with Gasteiger partial charge in [0, 0.05) is 12.5 Å². The van der Waals surface area contributed by atoms with Gasteiger partial charge in [-0.25, -0.2) is 0 Å². The minimum atomic E-state index is -0.160. The number of benzene rings is 1. The summed E-state index contributed by atoms with van der Waals surface area (Å²) in [6.45, 7) is 0.0129. The van der Waals surface area contributed by atoms with Crippen LogP contribution in [0.5, 0.6) is 0 Å². The molecule has 3 rings (SSSR count). The quantitative estimate of drug-likeness (QED) is 0.886. The number of carbonyl (C=O) groups is 1. The summed E-state index contributed by atoms with van der Waals surface area (Å²) in [5.41, 5.74) is 1.04. The Bertz CT molecular complexity index is 431. The third kappa shape index (κ3) is 1.83. The van der Waals surface area contributed by atoms with Crippen molar-refractivity contribution in [2.24, 2.45) is 5.92 Å². The highest BCUT2D eigenvalue weighted by Crippen LogP contribution is 2.42. The molecular formula is C15H19NO2. The van der Waals surface area contributed by atoms with Gasteiger partial charge in [-0.2, -0.15) is 0 Å². The van der Waals surface area contributed by atoms with Crippen LogP contribution in [0.4, 0.5) is 0 Å². The summed E-state index contributed by atoms with van der Waals surface area (Å²) >= 11 is 0. The fourth-order valence-corrected chi connectivity index (χ4v) is 3.57. The lowest BCUT2D eigenvalue weighted by Gasteiger charge is -2.32. The van der Waals surface area contributed by atoms with E-state index in [-0.39, 0.29) is 18.6 Å². The number of nitrogens with zero attached hydrogens (tertiary/aromatic N) is 1. The predicted octanol–water partition coefficient (Wildman–Crippen LogP) is 2.12. The van der Waals surface area contributed by atoms with Gasteiger partial charge in [0.2, 0.25) is 5.91 Å². The molecule has 3 nitrogen and oxygen atoms in total. The molecule has 1 heterocycles. The lowest BCUT2D eigenvalue weighted by molar-refractivity contribution is -0.132. The fourth-order valence-electron chi connectivity index (χ4n) is 3.57. The summed E-state index contributed by atoms with van der Waals surface area (Å²) < 4.78 is 0. The van der Waals surface area contributed by atoms with Crippen molar-refractivity contribution in [2.45, 2.75) is 37.8 Å². The third-order valence-electron chi connectivity index (χ3n) is 4.39. The molecule has 1 aliphatic carbocycles. The first kappa shape index (κ1) is 11.7. The molecule has 1 N–H and O–H groups in total. The van der Waals surface area contributed by atoms with Crippen molar-refractivity contribution in [3.8, 4) is 0 Å². The molecule has 1 aromatic carbocycles. The van der Waals surface area contributed by atoms with Gasteiger partial charge >= 0.3 is 0 Å². The summed E-state index contributed by atoms with van der Waals surface area (Å²) in [5.74, 6) is 0.739. The number of carbonyl (C=O) groups excluding carboxylic acids is 1. The first-order valence-electron chi connectivity index (χ1n) is 6.78. The predicted molar refractivity (Wildman–Crippen MR) is 68.9 cm³/mol. The Hall–Kier alpha value is -1.35. The van der Waals surface area contributed by atoms with Gasteiger partial charge in [-0.3, -0.25) is 4.79 Å². The molecule has 1 saturated carbocycles. The molecular weight excluding hydrogens is 226 g/mol. The van der Waals surface area contributed by atoms with E-state index >= 15 is 0 Å². The van der Waals surface area contributed by atoms with Crippen LogP contribution < -0.4 is 0 Å². The second-order valence-electron chi connectivity index (χ2n) is 5.37. The highest BCUT2D eigenvalue weighted by Gasteiger charge is 2.45. The molecule has 2 aliphatic rings. The van der Waals surface area contributed by atoms with E-state index in [1.807, 2.05) is 35.2 Å². The number of aliphatic hydroxyl groups is 1. The molecule has 3 heteroatoms. The molecule has 3 atom stereocenters. The van der Waals surface area contributed by atoms with E-state index in [1.54, 1.807) is 0 Å². The molecule has 1 amide bonds. The summed E-state index contributed by atoms with van der Waals surface area (Å²) in [7, 11) is 0. The van der Waals surface area contributed by atoms with Gasteiger partial charge in [0.25, 0.3) is 0 Å². The Kier molecular flexibility index (Phi) is 3.08. The summed E-state index contributed by atoms with van der Waals surface area (Å²) in [5, 5.41) is 9.68. The molecule has 2 fully saturated rings. The molecule has 1 aromatic rings. The van der Waals surface area contributed by atoms with E-state index in [0.717, 1.165) is 12.0 Å². The second-order valence-corrected chi connectivity index (χ2v) is 5.37. The average molecular weight is 245 g/mol. The minimum absolute atomic E-state index is 0.0129. The number of fused-ring (bicyclic) bond motifs is 1. The van der Waals surface area contributed by atoms with Crippen LogP contribution in [-0.4, -0.2) is 28.6 Å². The lowest BCUT2D eigenvalue weighted by Crippen LogP contribution is -2.38. The minimum Gasteiger partial charge on any atom is -0.394 e. The van der Waals surface area contributed by atoms with Crippen LogP contribution in [0.3, 0.4) is 0 Å². The van der Waals surface area contributed by atoms with Gasteiger partial charge in [-0.1, -0.05) is 36.8 Å². The number of aliphatic hydroxyl groups excluding tert-OH is 1. The third-order valence-corrected chi connectivity index (χ3v) is 4.39. The number of hydrogen-bond donors (Lipinski definition) is 1. The zero-order valence-corrected chi connectivity index (χ0v) is 10.5. The molecule has 18 heavy (non-hydrogen) atoms. The first-order chi connectivity index (χ1) is 8.81. The lowest BCUT2D eigenvalue weighted by atomic mass is 10.0. The number of amides is 1. The van der Waals surface area contributed by atoms with E-state index in [0.29, 0.717) is 18.4 Å². The molecule has 1 saturated heterocycles. The van der Waals surface area contributed by atoms with Crippen molar-refractivity contribution in [3.63, 3.8) is 0 Å². The van der Waals surface area contributed by atoms with E-state index in [9.17, 15) is 9.90 Å². The Balaban J connectivity index is 1.89. The second kappa shape index (κ2) is 4.73. The maximum absolute atomic E-state index is 12.2. The highest BCUT2D eigenvalue weighted by molar-refractivity contribution is 5.80. The summed E-state index contributed by atoms with van der Waals surface area (Å²) in [6.07, 6.45) is 4.15. The molecule has 0 spiro atoms. The van der Waals surface area contributed by atoms with Crippen LogP contribution in [-0.2, 0) is 4.79 Å². The summed E-state index contributed by atoms with van der Waals surface area (Å²) in [6, 6.07) is 10.1. The van der Waals surface area contributed by atoms with Crippen molar-refractivity contribution < 1.29 is 9.90 Å². The Labute approximate surface area is 107 Å². The fraction of sp³-hybridized carbons (Fsp3) is 0.533. The Morgan fingerprint density at radius 3 is 2.78 bits per heavy atom. The molecule has 0 aromatic heterocycles. The van der Waals surface area contributed by atoms with Crippen molar-refractivity contribution >= 4 is 5.91 Å². The van der Waals surface area contributed by atoms with Crippen molar-refractivity contribution in [3.05, 3.63) is 35.9 Å². The molecule has 1 aliphatic heterocycles. The summed E-state index contributed by atoms with van der Waals surface area (Å²) in [4.78, 5) is 14.1. The smallest absolute Gasteiger partial charge is 0.223 e. The van der Waals surface area contributed by atoms with Gasteiger partial charge in [-0.05, 0) is 24.3 Å².